The summed E-state index contributed by atoms with van der Waals surface area (Å²) < 4.78 is 1.51. The highest BCUT2D eigenvalue weighted by Crippen LogP contribution is 2.22. The van der Waals surface area contributed by atoms with Crippen molar-refractivity contribution in [3.8, 4) is 5.69 Å². The maximum Gasteiger partial charge on any atom is 0.280 e. The van der Waals surface area contributed by atoms with E-state index in [9.17, 15) is 9.59 Å². The average molecular weight is 360 g/mol. The van der Waals surface area contributed by atoms with E-state index in [1.54, 1.807) is 24.4 Å². The molecule has 27 heavy (non-hydrogen) atoms. The monoisotopic (exact) mass is 360 g/mol. The van der Waals surface area contributed by atoms with Gasteiger partial charge in [-0.2, -0.15) is 0 Å². The highest BCUT2D eigenvalue weighted by molar-refractivity contribution is 6.06. The number of rotatable bonds is 4. The number of nitrogens with zero attached hydrogens (tertiary/aromatic N) is 2. The Bertz CT molecular complexity index is 1200. The van der Waals surface area contributed by atoms with Gasteiger partial charge in [-0.3, -0.25) is 19.7 Å². The fourth-order valence-electron chi connectivity index (χ4n) is 3.12. The molecular weight excluding hydrogens is 340 g/mol. The van der Waals surface area contributed by atoms with E-state index in [0.717, 1.165) is 28.6 Å². The number of pyridine rings is 1. The summed E-state index contributed by atoms with van der Waals surface area (Å²) >= 11 is 0. The van der Waals surface area contributed by atoms with Crippen LogP contribution in [0.1, 0.15) is 29.3 Å². The van der Waals surface area contributed by atoms with E-state index >= 15 is 0 Å². The lowest BCUT2D eigenvalue weighted by Crippen LogP contribution is -2.23. The number of aromatic nitrogens is 3. The van der Waals surface area contributed by atoms with E-state index in [2.05, 4.69) is 15.4 Å². The molecule has 0 spiro atoms. The maximum atomic E-state index is 12.8. The van der Waals surface area contributed by atoms with Crippen LogP contribution in [-0.2, 0) is 0 Å². The zero-order chi connectivity index (χ0) is 19.0. The van der Waals surface area contributed by atoms with Crippen molar-refractivity contribution in [2.24, 2.45) is 0 Å². The fraction of sp³-hybridized carbons (Fsp3) is 0.190. The van der Waals surface area contributed by atoms with E-state index in [1.165, 1.54) is 4.68 Å². The molecule has 0 atom stereocenters. The van der Waals surface area contributed by atoms with Crippen LogP contribution >= 0.6 is 0 Å². The molecule has 6 nitrogen and oxygen atoms in total. The summed E-state index contributed by atoms with van der Waals surface area (Å²) in [5, 5.41) is 7.30. The van der Waals surface area contributed by atoms with Crippen molar-refractivity contribution in [2.75, 3.05) is 6.54 Å². The molecule has 136 valence electrons. The number of carbonyl (C=O) groups is 1. The molecular formula is C21H20N4O2. The first-order valence-corrected chi connectivity index (χ1v) is 8.97. The zero-order valence-electron chi connectivity index (χ0n) is 15.2. The molecule has 2 heterocycles. The van der Waals surface area contributed by atoms with E-state index < -0.39 is 0 Å². The van der Waals surface area contributed by atoms with Gasteiger partial charge in [0.1, 0.15) is 0 Å². The lowest BCUT2D eigenvalue weighted by Gasteiger charge is -2.05. The Morgan fingerprint density at radius 2 is 1.93 bits per heavy atom. The SMILES string of the molecule is CCCNC(=O)c1ccc2ncc3c(=O)n(-c4ccc(C)cc4)[nH]c3c2c1. The molecule has 0 bridgehead atoms. The summed E-state index contributed by atoms with van der Waals surface area (Å²) in [4.78, 5) is 29.5. The van der Waals surface area contributed by atoms with Crippen LogP contribution in [0.3, 0.4) is 0 Å². The van der Waals surface area contributed by atoms with Crippen molar-refractivity contribution in [1.82, 2.24) is 20.1 Å². The molecule has 0 aliphatic rings. The van der Waals surface area contributed by atoms with Crippen molar-refractivity contribution >= 4 is 27.7 Å². The first kappa shape index (κ1) is 17.0. The predicted octanol–water partition coefficient (Wildman–Crippen LogP) is 3.32. The second-order valence-corrected chi connectivity index (χ2v) is 6.62. The Morgan fingerprint density at radius 3 is 2.67 bits per heavy atom. The molecule has 2 aromatic carbocycles. The van der Waals surface area contributed by atoms with Gasteiger partial charge < -0.3 is 5.32 Å². The fourth-order valence-corrected chi connectivity index (χ4v) is 3.12. The van der Waals surface area contributed by atoms with Crippen molar-refractivity contribution in [3.63, 3.8) is 0 Å². The van der Waals surface area contributed by atoms with Gasteiger partial charge in [0, 0.05) is 23.7 Å². The standard InChI is InChI=1S/C21H20N4O2/c1-3-10-22-20(26)14-6-9-18-16(11-14)19-17(12-23-18)21(27)25(24-19)15-7-4-13(2)5-8-15/h4-9,11-12,24H,3,10H2,1-2H3,(H,22,26). The molecule has 1 amide bonds. The van der Waals surface area contributed by atoms with Crippen LogP contribution in [0.4, 0.5) is 0 Å². The van der Waals surface area contributed by atoms with Crippen LogP contribution in [0.25, 0.3) is 27.5 Å². The zero-order valence-corrected chi connectivity index (χ0v) is 15.2. The molecule has 2 aromatic heterocycles. The van der Waals surface area contributed by atoms with Gasteiger partial charge >= 0.3 is 0 Å². The third kappa shape index (κ3) is 2.99. The molecule has 0 saturated carbocycles. The van der Waals surface area contributed by atoms with Crippen molar-refractivity contribution in [2.45, 2.75) is 20.3 Å². The quantitative estimate of drug-likeness (QED) is 0.586. The molecule has 6 heteroatoms. The maximum absolute atomic E-state index is 12.8. The van der Waals surface area contributed by atoms with Gasteiger partial charge in [-0.05, 0) is 43.7 Å². The average Bonchev–Trinajstić information content (AvgIpc) is 3.03. The number of aryl methyl sites for hydroxylation is 1. The van der Waals surface area contributed by atoms with E-state index in [0.29, 0.717) is 23.0 Å². The molecule has 4 aromatic rings. The third-order valence-corrected chi connectivity index (χ3v) is 4.61. The molecule has 2 N–H and O–H groups in total. The van der Waals surface area contributed by atoms with Crippen LogP contribution in [-0.4, -0.2) is 27.2 Å². The van der Waals surface area contributed by atoms with Crippen molar-refractivity contribution in [1.29, 1.82) is 0 Å². The van der Waals surface area contributed by atoms with Crippen LogP contribution in [0, 0.1) is 6.92 Å². The van der Waals surface area contributed by atoms with Crippen LogP contribution in [0.2, 0.25) is 0 Å². The Balaban J connectivity index is 1.89. The highest BCUT2D eigenvalue weighted by atomic mass is 16.1. The largest absolute Gasteiger partial charge is 0.352 e. The number of H-pyrrole nitrogens is 1. The van der Waals surface area contributed by atoms with E-state index in [-0.39, 0.29) is 11.5 Å². The molecule has 0 saturated heterocycles. The summed E-state index contributed by atoms with van der Waals surface area (Å²) in [6.45, 7) is 4.63. The second-order valence-electron chi connectivity index (χ2n) is 6.62. The number of carbonyl (C=O) groups excluding carboxylic acids is 1. The Labute approximate surface area is 155 Å². The van der Waals surface area contributed by atoms with Gasteiger partial charge in [0.05, 0.1) is 22.1 Å². The molecule has 0 unspecified atom stereocenters. The third-order valence-electron chi connectivity index (χ3n) is 4.61. The predicted molar refractivity (Wildman–Crippen MR) is 107 cm³/mol. The Hall–Kier alpha value is -3.41. The molecule has 0 aliphatic heterocycles. The number of hydrogen-bond donors (Lipinski definition) is 2. The number of hydrogen-bond acceptors (Lipinski definition) is 3. The minimum atomic E-state index is -0.163. The Kier molecular flexibility index (Phi) is 4.24. The lowest BCUT2D eigenvalue weighted by atomic mass is 10.1. The minimum Gasteiger partial charge on any atom is -0.352 e. The second kappa shape index (κ2) is 6.72. The first-order valence-electron chi connectivity index (χ1n) is 8.97. The van der Waals surface area contributed by atoms with Crippen LogP contribution < -0.4 is 10.9 Å². The molecule has 0 fully saturated rings. The molecule has 0 aliphatic carbocycles. The lowest BCUT2D eigenvalue weighted by molar-refractivity contribution is 0.0954. The van der Waals surface area contributed by atoms with Gasteiger partial charge in [-0.25, -0.2) is 4.68 Å². The van der Waals surface area contributed by atoms with Gasteiger partial charge in [0.2, 0.25) is 0 Å². The van der Waals surface area contributed by atoms with Crippen LogP contribution in [0.15, 0.2) is 53.5 Å². The molecule has 0 radical (unpaired) electrons. The Morgan fingerprint density at radius 1 is 1.15 bits per heavy atom. The minimum absolute atomic E-state index is 0.129. The highest BCUT2D eigenvalue weighted by Gasteiger charge is 2.14. The first-order chi connectivity index (χ1) is 13.1. The van der Waals surface area contributed by atoms with Gasteiger partial charge in [0.25, 0.3) is 11.5 Å². The normalized spacial score (nSPS) is 11.2. The van der Waals surface area contributed by atoms with Gasteiger partial charge in [-0.1, -0.05) is 24.6 Å². The van der Waals surface area contributed by atoms with Crippen molar-refractivity contribution < 1.29 is 4.79 Å². The number of nitrogens with one attached hydrogen (secondary N) is 2. The summed E-state index contributed by atoms with van der Waals surface area (Å²) in [5.74, 6) is -0.129. The molecule has 4 rings (SSSR count). The number of aromatic amines is 1. The topological polar surface area (TPSA) is 79.8 Å². The number of amides is 1. The number of fused-ring (bicyclic) bond motifs is 3. The van der Waals surface area contributed by atoms with E-state index in [4.69, 9.17) is 0 Å². The van der Waals surface area contributed by atoms with Crippen molar-refractivity contribution in [3.05, 3.63) is 70.1 Å². The van der Waals surface area contributed by atoms with E-state index in [1.807, 2.05) is 38.1 Å². The summed E-state index contributed by atoms with van der Waals surface area (Å²) in [7, 11) is 0. The number of benzene rings is 2. The summed E-state index contributed by atoms with van der Waals surface area (Å²) in [6.07, 6.45) is 2.45. The van der Waals surface area contributed by atoms with Crippen LogP contribution in [0.5, 0.6) is 0 Å². The van der Waals surface area contributed by atoms with Gasteiger partial charge in [0.15, 0.2) is 0 Å². The van der Waals surface area contributed by atoms with Gasteiger partial charge in [-0.15, -0.1) is 0 Å². The summed E-state index contributed by atoms with van der Waals surface area (Å²) in [6, 6.07) is 13.0. The smallest absolute Gasteiger partial charge is 0.280 e. The summed E-state index contributed by atoms with van der Waals surface area (Å²) in [5.41, 5.74) is 3.67.